The molecular weight excluding hydrogens is 452 g/mol. The fourth-order valence-corrected chi connectivity index (χ4v) is 6.57. The minimum Gasteiger partial charge on any atom is -0.493 e. The second-order valence-electron chi connectivity index (χ2n) is 11.0. The van der Waals surface area contributed by atoms with Crippen molar-refractivity contribution in [2.75, 3.05) is 40.5 Å². The van der Waals surface area contributed by atoms with Gasteiger partial charge in [0.05, 0.1) is 20.8 Å². The number of piperidine rings is 1. The fourth-order valence-electron chi connectivity index (χ4n) is 6.57. The Morgan fingerprint density at radius 3 is 2.58 bits per heavy atom. The average Bonchev–Trinajstić information content (AvgIpc) is 2.90. The topological polar surface area (TPSA) is 60.0 Å². The molecule has 4 atom stereocenters. The molecule has 0 saturated carbocycles. The fraction of sp³-hybridized carbons (Fsp3) is 0.567. The van der Waals surface area contributed by atoms with Crippen LogP contribution in [0.3, 0.4) is 0 Å². The molecule has 2 aromatic rings. The molecule has 0 aliphatic carbocycles. The molecule has 1 fully saturated rings. The van der Waals surface area contributed by atoms with Crippen LogP contribution in [0, 0.1) is 17.8 Å². The van der Waals surface area contributed by atoms with Gasteiger partial charge in [-0.05, 0) is 77.8 Å². The zero-order valence-electron chi connectivity index (χ0n) is 22.1. The first-order chi connectivity index (χ1) is 17.5. The van der Waals surface area contributed by atoms with Gasteiger partial charge in [-0.25, -0.2) is 4.79 Å². The molecule has 0 spiro atoms. The summed E-state index contributed by atoms with van der Waals surface area (Å²) in [7, 11) is 3.39. The number of hydrogen-bond acceptors (Lipinski definition) is 6. The lowest BCUT2D eigenvalue weighted by Gasteiger charge is -2.47. The first-order valence-electron chi connectivity index (χ1n) is 13.4. The van der Waals surface area contributed by atoms with Gasteiger partial charge in [0.2, 0.25) is 0 Å². The molecule has 36 heavy (non-hydrogen) atoms. The Balaban J connectivity index is 1.34. The first-order valence-corrected chi connectivity index (χ1v) is 13.4. The average molecular weight is 493 g/mol. The highest BCUT2D eigenvalue weighted by molar-refractivity contribution is 5.78. The van der Waals surface area contributed by atoms with Gasteiger partial charge in [-0.15, -0.1) is 0 Å². The maximum atomic E-state index is 13.2. The summed E-state index contributed by atoms with van der Waals surface area (Å²) in [6.45, 7) is 7.96. The van der Waals surface area contributed by atoms with Gasteiger partial charge in [0.25, 0.3) is 0 Å². The third kappa shape index (κ3) is 4.98. The van der Waals surface area contributed by atoms with Crippen LogP contribution in [-0.2, 0) is 22.4 Å². The van der Waals surface area contributed by atoms with Crippen molar-refractivity contribution in [3.8, 4) is 11.5 Å². The van der Waals surface area contributed by atoms with Gasteiger partial charge < -0.3 is 19.5 Å². The number of nitrogens with zero attached hydrogens (tertiary/aromatic N) is 1. The van der Waals surface area contributed by atoms with Gasteiger partial charge >= 0.3 is 5.97 Å². The SMILES string of the molecule is COc1cc2c(cc1OC)C1CC(COC(=O)C3NCCc4ccccc43)C(CC(C)C)CN1CC2. The van der Waals surface area contributed by atoms with E-state index in [0.29, 0.717) is 30.4 Å². The third-order valence-electron chi connectivity index (χ3n) is 8.33. The van der Waals surface area contributed by atoms with Crippen LogP contribution in [0.15, 0.2) is 36.4 Å². The Morgan fingerprint density at radius 1 is 1.03 bits per heavy atom. The lowest BCUT2D eigenvalue weighted by molar-refractivity contribution is -0.149. The van der Waals surface area contributed by atoms with Crippen molar-refractivity contribution in [1.29, 1.82) is 0 Å². The molecule has 1 N–H and O–H groups in total. The smallest absolute Gasteiger partial charge is 0.327 e. The molecule has 1 saturated heterocycles. The van der Waals surface area contributed by atoms with Gasteiger partial charge in [-0.3, -0.25) is 4.90 Å². The van der Waals surface area contributed by atoms with E-state index in [1.54, 1.807) is 14.2 Å². The van der Waals surface area contributed by atoms with Crippen LogP contribution < -0.4 is 14.8 Å². The summed E-state index contributed by atoms with van der Waals surface area (Å²) in [6.07, 6.45) is 4.10. The number of carbonyl (C=O) groups is 1. The lowest BCUT2D eigenvalue weighted by Crippen LogP contribution is -2.47. The highest BCUT2D eigenvalue weighted by atomic mass is 16.5. The van der Waals surface area contributed by atoms with Crippen molar-refractivity contribution in [3.63, 3.8) is 0 Å². The van der Waals surface area contributed by atoms with Crippen molar-refractivity contribution in [2.24, 2.45) is 17.8 Å². The Bertz CT molecular complexity index is 1080. The molecule has 0 amide bonds. The van der Waals surface area contributed by atoms with Crippen molar-refractivity contribution in [3.05, 3.63) is 58.7 Å². The van der Waals surface area contributed by atoms with Crippen molar-refractivity contribution >= 4 is 5.97 Å². The summed E-state index contributed by atoms with van der Waals surface area (Å²) in [6, 6.07) is 12.5. The van der Waals surface area contributed by atoms with E-state index in [1.165, 1.54) is 16.7 Å². The number of benzene rings is 2. The van der Waals surface area contributed by atoms with Gasteiger partial charge in [0.15, 0.2) is 11.5 Å². The second kappa shape index (κ2) is 10.8. The molecule has 4 unspecified atom stereocenters. The summed E-state index contributed by atoms with van der Waals surface area (Å²) in [5.74, 6) is 2.88. The van der Waals surface area contributed by atoms with Crippen LogP contribution in [0.2, 0.25) is 0 Å². The van der Waals surface area contributed by atoms with E-state index in [1.807, 2.05) is 18.2 Å². The summed E-state index contributed by atoms with van der Waals surface area (Å²) in [5, 5.41) is 3.38. The van der Waals surface area contributed by atoms with Crippen LogP contribution in [0.25, 0.3) is 0 Å². The molecule has 6 nitrogen and oxygen atoms in total. The minimum absolute atomic E-state index is 0.150. The maximum absolute atomic E-state index is 13.2. The minimum atomic E-state index is -0.370. The number of ether oxygens (including phenoxy) is 3. The Morgan fingerprint density at radius 2 is 1.81 bits per heavy atom. The monoisotopic (exact) mass is 492 g/mol. The van der Waals surface area contributed by atoms with Crippen molar-refractivity contribution in [2.45, 2.75) is 51.6 Å². The molecule has 3 heterocycles. The number of methoxy groups -OCH3 is 2. The molecule has 3 aliphatic rings. The predicted molar refractivity (Wildman–Crippen MR) is 140 cm³/mol. The largest absolute Gasteiger partial charge is 0.493 e. The molecule has 5 rings (SSSR count). The molecule has 0 radical (unpaired) electrons. The van der Waals surface area contributed by atoms with Crippen LogP contribution >= 0.6 is 0 Å². The van der Waals surface area contributed by atoms with Gasteiger partial charge in [-0.1, -0.05) is 38.1 Å². The van der Waals surface area contributed by atoms with E-state index in [0.717, 1.165) is 62.4 Å². The second-order valence-corrected chi connectivity index (χ2v) is 11.0. The van der Waals surface area contributed by atoms with E-state index in [4.69, 9.17) is 14.2 Å². The number of fused-ring (bicyclic) bond motifs is 4. The van der Waals surface area contributed by atoms with Crippen LogP contribution in [0.1, 0.15) is 61.0 Å². The van der Waals surface area contributed by atoms with Gasteiger partial charge in [-0.2, -0.15) is 0 Å². The summed E-state index contributed by atoms with van der Waals surface area (Å²) >= 11 is 0. The number of hydrogen-bond donors (Lipinski definition) is 1. The number of carbonyl (C=O) groups excluding carboxylic acids is 1. The van der Waals surface area contributed by atoms with Crippen molar-refractivity contribution < 1.29 is 19.0 Å². The van der Waals surface area contributed by atoms with E-state index in [9.17, 15) is 4.79 Å². The zero-order chi connectivity index (χ0) is 25.2. The molecule has 194 valence electrons. The van der Waals surface area contributed by atoms with E-state index >= 15 is 0 Å². The van der Waals surface area contributed by atoms with Crippen LogP contribution in [0.5, 0.6) is 11.5 Å². The molecule has 0 bridgehead atoms. The molecule has 2 aromatic carbocycles. The number of nitrogens with one attached hydrogen (secondary N) is 1. The maximum Gasteiger partial charge on any atom is 0.327 e. The quantitative estimate of drug-likeness (QED) is 0.565. The molecule has 6 heteroatoms. The van der Waals surface area contributed by atoms with Crippen LogP contribution in [0.4, 0.5) is 0 Å². The Labute approximate surface area is 215 Å². The molecule has 3 aliphatic heterocycles. The lowest BCUT2D eigenvalue weighted by atomic mass is 9.74. The summed E-state index contributed by atoms with van der Waals surface area (Å²) < 4.78 is 17.3. The Kier molecular flexibility index (Phi) is 7.54. The summed E-state index contributed by atoms with van der Waals surface area (Å²) in [5.41, 5.74) is 4.98. The predicted octanol–water partition coefficient (Wildman–Crippen LogP) is 4.72. The third-order valence-corrected chi connectivity index (χ3v) is 8.33. The normalized spacial score (nSPS) is 25.5. The van der Waals surface area contributed by atoms with Crippen LogP contribution in [-0.4, -0.2) is 51.3 Å². The van der Waals surface area contributed by atoms with Gasteiger partial charge in [0, 0.05) is 25.7 Å². The highest BCUT2D eigenvalue weighted by Crippen LogP contribution is 2.45. The van der Waals surface area contributed by atoms with Crippen molar-refractivity contribution in [1.82, 2.24) is 10.2 Å². The Hall–Kier alpha value is -2.57. The standard InChI is InChI=1S/C30H40N2O4/c1-19(2)13-22-17-32-12-10-21-15-27(34-3)28(35-4)16-25(21)26(32)14-23(22)18-36-30(33)29-24-8-6-5-7-20(24)9-11-31-29/h5-8,15-16,19,22-23,26,29,31H,9-14,17-18H2,1-4H3. The number of esters is 1. The molecule has 0 aromatic heterocycles. The first kappa shape index (κ1) is 25.1. The van der Waals surface area contributed by atoms with Gasteiger partial charge in [0.1, 0.15) is 6.04 Å². The van der Waals surface area contributed by atoms with E-state index < -0.39 is 0 Å². The summed E-state index contributed by atoms with van der Waals surface area (Å²) in [4.78, 5) is 15.9. The number of rotatable bonds is 7. The molecular formula is C30H40N2O4. The van der Waals surface area contributed by atoms with E-state index in [-0.39, 0.29) is 12.0 Å². The zero-order valence-corrected chi connectivity index (χ0v) is 22.1. The highest BCUT2D eigenvalue weighted by Gasteiger charge is 2.40. The van der Waals surface area contributed by atoms with E-state index in [2.05, 4.69) is 42.3 Å².